The highest BCUT2D eigenvalue weighted by Crippen LogP contribution is 2.24. The van der Waals surface area contributed by atoms with E-state index < -0.39 is 0 Å². The van der Waals surface area contributed by atoms with Crippen LogP contribution in [0.2, 0.25) is 0 Å². The molecule has 0 fully saturated rings. The van der Waals surface area contributed by atoms with Crippen LogP contribution in [0.4, 0.5) is 5.13 Å². The maximum Gasteiger partial charge on any atom is 0.226 e. The van der Waals surface area contributed by atoms with Crippen molar-refractivity contribution < 1.29 is 9.59 Å². The highest BCUT2D eigenvalue weighted by Gasteiger charge is 2.10. The molecule has 0 atom stereocenters. The Morgan fingerprint density at radius 1 is 0.920 bits per heavy atom. The minimum Gasteiger partial charge on any atom is -0.302 e. The van der Waals surface area contributed by atoms with Gasteiger partial charge < -0.3 is 5.32 Å². The number of aromatic nitrogens is 1. The number of carbonyl (C=O) groups excluding carboxylic acids is 2. The summed E-state index contributed by atoms with van der Waals surface area (Å²) >= 11 is 1.40. The molecule has 3 aromatic rings. The molecule has 1 N–H and O–H groups in total. The fraction of sp³-hybridized carbons (Fsp3) is 0.150. The monoisotopic (exact) mass is 350 g/mol. The molecular weight excluding hydrogens is 332 g/mol. The molecule has 0 aliphatic heterocycles. The van der Waals surface area contributed by atoms with Crippen LogP contribution >= 0.6 is 11.3 Å². The summed E-state index contributed by atoms with van der Waals surface area (Å²) in [6, 6.07) is 19.0. The maximum atomic E-state index is 12.0. The molecule has 0 aliphatic rings. The van der Waals surface area contributed by atoms with Gasteiger partial charge in [0.2, 0.25) is 5.91 Å². The molecule has 1 aromatic heterocycles. The molecular formula is C20H18N2O2S. The van der Waals surface area contributed by atoms with Gasteiger partial charge in [-0.05, 0) is 6.42 Å². The Morgan fingerprint density at radius 3 is 2.32 bits per heavy atom. The SMILES string of the molecule is O=C(CCCC(=O)c1ccccc1)Nc1nc(-c2ccccc2)cs1. The summed E-state index contributed by atoms with van der Waals surface area (Å²) in [6.45, 7) is 0. The van der Waals surface area contributed by atoms with Crippen LogP contribution in [0.25, 0.3) is 11.3 Å². The molecule has 0 unspecified atom stereocenters. The summed E-state index contributed by atoms with van der Waals surface area (Å²) in [5.74, 6) is -0.0520. The standard InChI is InChI=1S/C20H18N2O2S/c23-18(16-10-5-2-6-11-16)12-7-13-19(24)22-20-21-17(14-25-20)15-8-3-1-4-9-15/h1-6,8-11,14H,7,12-13H2,(H,21,22,24). The molecule has 0 saturated heterocycles. The predicted octanol–water partition coefficient (Wildman–Crippen LogP) is 4.80. The lowest BCUT2D eigenvalue weighted by Gasteiger charge is -2.02. The number of amides is 1. The van der Waals surface area contributed by atoms with Gasteiger partial charge in [0.15, 0.2) is 10.9 Å². The average Bonchev–Trinajstić information content (AvgIpc) is 3.11. The van der Waals surface area contributed by atoms with Crippen LogP contribution in [0.5, 0.6) is 0 Å². The first-order chi connectivity index (χ1) is 12.2. The van der Waals surface area contributed by atoms with Crippen LogP contribution in [-0.2, 0) is 4.79 Å². The molecule has 5 heteroatoms. The number of anilines is 1. The Kier molecular flexibility index (Phi) is 5.69. The number of carbonyl (C=O) groups is 2. The normalized spacial score (nSPS) is 10.4. The minimum absolute atomic E-state index is 0.0639. The summed E-state index contributed by atoms with van der Waals surface area (Å²) < 4.78 is 0. The van der Waals surface area contributed by atoms with Crippen molar-refractivity contribution in [3.05, 3.63) is 71.6 Å². The van der Waals surface area contributed by atoms with E-state index in [-0.39, 0.29) is 11.7 Å². The van der Waals surface area contributed by atoms with E-state index in [9.17, 15) is 9.59 Å². The molecule has 4 nitrogen and oxygen atoms in total. The van der Waals surface area contributed by atoms with Gasteiger partial charge in [0.1, 0.15) is 0 Å². The van der Waals surface area contributed by atoms with Crippen LogP contribution in [0.15, 0.2) is 66.0 Å². The molecule has 0 aliphatic carbocycles. The van der Waals surface area contributed by atoms with Gasteiger partial charge in [0, 0.05) is 29.3 Å². The average molecular weight is 350 g/mol. The topological polar surface area (TPSA) is 59.1 Å². The van der Waals surface area contributed by atoms with Crippen LogP contribution in [0.3, 0.4) is 0 Å². The summed E-state index contributed by atoms with van der Waals surface area (Å²) in [5.41, 5.74) is 2.56. The molecule has 0 bridgehead atoms. The Bertz CT molecular complexity index is 844. The number of benzene rings is 2. The largest absolute Gasteiger partial charge is 0.302 e. The van der Waals surface area contributed by atoms with E-state index in [2.05, 4.69) is 10.3 Å². The zero-order valence-electron chi connectivity index (χ0n) is 13.6. The molecule has 25 heavy (non-hydrogen) atoms. The van der Waals surface area contributed by atoms with E-state index in [1.54, 1.807) is 12.1 Å². The number of Topliss-reactive ketones (excluding diaryl/α,β-unsaturated/α-hetero) is 1. The third-order valence-corrected chi connectivity index (χ3v) is 4.48. The zero-order chi connectivity index (χ0) is 17.5. The third kappa shape index (κ3) is 4.84. The van der Waals surface area contributed by atoms with Crippen molar-refractivity contribution in [2.45, 2.75) is 19.3 Å². The number of thiazole rings is 1. The lowest BCUT2D eigenvalue weighted by Crippen LogP contribution is -2.11. The van der Waals surface area contributed by atoms with Gasteiger partial charge in [0.05, 0.1) is 5.69 Å². The second-order valence-electron chi connectivity index (χ2n) is 5.59. The van der Waals surface area contributed by atoms with Crippen LogP contribution in [0, 0.1) is 0 Å². The lowest BCUT2D eigenvalue weighted by atomic mass is 10.1. The Labute approximate surface area is 150 Å². The molecule has 0 spiro atoms. The summed E-state index contributed by atoms with van der Waals surface area (Å²) in [7, 11) is 0. The van der Waals surface area contributed by atoms with E-state index in [4.69, 9.17) is 0 Å². The van der Waals surface area contributed by atoms with E-state index in [0.717, 1.165) is 11.3 Å². The molecule has 1 amide bonds. The Balaban J connectivity index is 1.47. The third-order valence-electron chi connectivity index (χ3n) is 3.72. The van der Waals surface area contributed by atoms with E-state index in [1.807, 2.05) is 53.9 Å². The molecule has 0 saturated carbocycles. The van der Waals surface area contributed by atoms with Crippen molar-refractivity contribution in [2.24, 2.45) is 0 Å². The van der Waals surface area contributed by atoms with Crippen molar-refractivity contribution in [3.63, 3.8) is 0 Å². The number of nitrogens with zero attached hydrogens (tertiary/aromatic N) is 1. The summed E-state index contributed by atoms with van der Waals surface area (Å²) in [5, 5.41) is 5.30. The molecule has 126 valence electrons. The van der Waals surface area contributed by atoms with Crippen LogP contribution < -0.4 is 5.32 Å². The van der Waals surface area contributed by atoms with Gasteiger partial charge in [-0.15, -0.1) is 11.3 Å². The quantitative estimate of drug-likeness (QED) is 0.623. The molecule has 1 heterocycles. The summed E-state index contributed by atoms with van der Waals surface area (Å²) in [6.07, 6.45) is 1.19. The highest BCUT2D eigenvalue weighted by molar-refractivity contribution is 7.14. The number of rotatable bonds is 7. The Morgan fingerprint density at radius 2 is 1.60 bits per heavy atom. The van der Waals surface area contributed by atoms with Crippen LogP contribution in [0.1, 0.15) is 29.6 Å². The number of hydrogen-bond acceptors (Lipinski definition) is 4. The first-order valence-corrected chi connectivity index (χ1v) is 8.99. The van der Waals surface area contributed by atoms with Crippen LogP contribution in [-0.4, -0.2) is 16.7 Å². The van der Waals surface area contributed by atoms with Crippen molar-refractivity contribution in [3.8, 4) is 11.3 Å². The van der Waals surface area contributed by atoms with Gasteiger partial charge >= 0.3 is 0 Å². The van der Waals surface area contributed by atoms with E-state index in [0.29, 0.717) is 30.0 Å². The molecule has 3 rings (SSSR count). The van der Waals surface area contributed by atoms with E-state index >= 15 is 0 Å². The molecule has 0 radical (unpaired) electrons. The highest BCUT2D eigenvalue weighted by atomic mass is 32.1. The second-order valence-corrected chi connectivity index (χ2v) is 6.45. The lowest BCUT2D eigenvalue weighted by molar-refractivity contribution is -0.116. The fourth-order valence-corrected chi connectivity index (χ4v) is 3.17. The van der Waals surface area contributed by atoms with Crippen molar-refractivity contribution >= 4 is 28.2 Å². The number of ketones is 1. The first kappa shape index (κ1) is 17.0. The van der Waals surface area contributed by atoms with Gasteiger partial charge in [-0.2, -0.15) is 0 Å². The predicted molar refractivity (Wildman–Crippen MR) is 101 cm³/mol. The zero-order valence-corrected chi connectivity index (χ0v) is 14.5. The van der Waals surface area contributed by atoms with Crippen molar-refractivity contribution in [1.29, 1.82) is 0 Å². The van der Waals surface area contributed by atoms with Gasteiger partial charge in [0.25, 0.3) is 0 Å². The van der Waals surface area contributed by atoms with E-state index in [1.165, 1.54) is 11.3 Å². The first-order valence-electron chi connectivity index (χ1n) is 8.11. The van der Waals surface area contributed by atoms with Crippen molar-refractivity contribution in [2.75, 3.05) is 5.32 Å². The van der Waals surface area contributed by atoms with Gasteiger partial charge in [-0.25, -0.2) is 4.98 Å². The summed E-state index contributed by atoms with van der Waals surface area (Å²) in [4.78, 5) is 28.5. The smallest absolute Gasteiger partial charge is 0.226 e. The second kappa shape index (κ2) is 8.35. The molecule has 2 aromatic carbocycles. The number of hydrogen-bond donors (Lipinski definition) is 1. The van der Waals surface area contributed by atoms with Gasteiger partial charge in [-0.1, -0.05) is 60.7 Å². The Hall–Kier alpha value is -2.79. The van der Waals surface area contributed by atoms with Crippen molar-refractivity contribution in [1.82, 2.24) is 4.98 Å². The maximum absolute atomic E-state index is 12.0. The fourth-order valence-electron chi connectivity index (χ4n) is 2.43. The van der Waals surface area contributed by atoms with Gasteiger partial charge in [-0.3, -0.25) is 9.59 Å². The number of nitrogens with one attached hydrogen (secondary N) is 1. The minimum atomic E-state index is -0.116.